The van der Waals surface area contributed by atoms with Crippen molar-refractivity contribution in [3.05, 3.63) is 44.7 Å². The molecule has 4 rings (SSSR count). The van der Waals surface area contributed by atoms with Gasteiger partial charge in [0.2, 0.25) is 0 Å². The zero-order valence-corrected chi connectivity index (χ0v) is 21.0. The predicted molar refractivity (Wildman–Crippen MR) is 138 cm³/mol. The Kier molecular flexibility index (Phi) is 7.99. The molecule has 2 aromatic rings. The van der Waals surface area contributed by atoms with Gasteiger partial charge in [-0.05, 0) is 31.1 Å². The van der Waals surface area contributed by atoms with E-state index >= 15 is 0 Å². The number of ether oxygens (including phenoxy) is 1. The number of anilines is 1. The van der Waals surface area contributed by atoms with Gasteiger partial charge in [0.05, 0.1) is 17.1 Å². The fraction of sp³-hybridized carbons (Fsp3) is 0.478. The molecule has 0 unspecified atom stereocenters. The van der Waals surface area contributed by atoms with E-state index in [-0.39, 0.29) is 18.1 Å². The van der Waals surface area contributed by atoms with E-state index < -0.39 is 0 Å². The van der Waals surface area contributed by atoms with E-state index in [1.807, 2.05) is 19.1 Å². The fourth-order valence-corrected chi connectivity index (χ4v) is 5.42. The van der Waals surface area contributed by atoms with Crippen molar-refractivity contribution >= 4 is 51.7 Å². The van der Waals surface area contributed by atoms with Crippen molar-refractivity contribution in [2.24, 2.45) is 0 Å². The maximum Gasteiger partial charge on any atom is 0.267 e. The zero-order valence-electron chi connectivity index (χ0n) is 19.4. The van der Waals surface area contributed by atoms with Crippen LogP contribution in [0.3, 0.4) is 0 Å². The van der Waals surface area contributed by atoms with E-state index in [2.05, 4.69) is 9.80 Å². The van der Waals surface area contributed by atoms with Crippen LogP contribution >= 0.6 is 24.0 Å². The van der Waals surface area contributed by atoms with E-state index in [0.717, 1.165) is 18.7 Å². The van der Waals surface area contributed by atoms with Gasteiger partial charge in [-0.3, -0.25) is 23.8 Å². The number of amides is 1. The summed E-state index contributed by atoms with van der Waals surface area (Å²) in [7, 11) is 1.62. The SMILES string of the molecule is COCCCN1C(=O)C(=Cc2c(N3CCN(CCO)CC3)nc3ccc(C)cn3c2=O)SC1=S. The van der Waals surface area contributed by atoms with E-state index in [4.69, 9.17) is 21.9 Å². The summed E-state index contributed by atoms with van der Waals surface area (Å²) in [5, 5.41) is 9.24. The molecule has 0 spiro atoms. The highest BCUT2D eigenvalue weighted by molar-refractivity contribution is 8.26. The molecular formula is C23H29N5O4S2. The van der Waals surface area contributed by atoms with Crippen LogP contribution in [0.1, 0.15) is 17.5 Å². The number of methoxy groups -OCH3 is 1. The summed E-state index contributed by atoms with van der Waals surface area (Å²) in [5.74, 6) is 0.376. The van der Waals surface area contributed by atoms with Gasteiger partial charge in [-0.2, -0.15) is 0 Å². The first kappa shape index (κ1) is 24.8. The van der Waals surface area contributed by atoms with Crippen LogP contribution in [0.5, 0.6) is 0 Å². The second kappa shape index (κ2) is 11.0. The number of hydrogen-bond acceptors (Lipinski definition) is 9. The minimum Gasteiger partial charge on any atom is -0.395 e. The Morgan fingerprint density at radius 1 is 1.21 bits per heavy atom. The van der Waals surface area contributed by atoms with Crippen LogP contribution in [-0.2, 0) is 9.53 Å². The number of carbonyl (C=O) groups is 1. The normalized spacial score (nSPS) is 18.6. The highest BCUT2D eigenvalue weighted by Gasteiger charge is 2.33. The Hall–Kier alpha value is -2.31. The van der Waals surface area contributed by atoms with Crippen LogP contribution in [0.15, 0.2) is 28.0 Å². The van der Waals surface area contributed by atoms with Crippen molar-refractivity contribution in [2.75, 3.05) is 64.5 Å². The number of rotatable bonds is 8. The lowest BCUT2D eigenvalue weighted by Gasteiger charge is -2.35. The topological polar surface area (TPSA) is 90.6 Å². The standard InChI is InChI=1S/C23H29N5O4S2/c1-16-4-5-19-24-20(26-9-7-25(8-10-26)11-12-29)17(21(30)28(19)15-16)14-18-22(31)27(23(33)34-18)6-3-13-32-2/h4-5,14-15,29H,3,6-13H2,1-2H3. The van der Waals surface area contributed by atoms with E-state index in [1.165, 1.54) is 16.2 Å². The van der Waals surface area contributed by atoms with Crippen molar-refractivity contribution in [3.8, 4) is 0 Å². The highest BCUT2D eigenvalue weighted by atomic mass is 32.2. The van der Waals surface area contributed by atoms with Gasteiger partial charge in [-0.25, -0.2) is 4.98 Å². The maximum atomic E-state index is 13.6. The number of nitrogens with zero attached hydrogens (tertiary/aromatic N) is 5. The molecule has 182 valence electrons. The second-order valence-electron chi connectivity index (χ2n) is 8.32. The number of aryl methyl sites for hydroxylation is 1. The van der Waals surface area contributed by atoms with Gasteiger partial charge in [0.1, 0.15) is 15.8 Å². The minimum absolute atomic E-state index is 0.117. The molecule has 11 heteroatoms. The van der Waals surface area contributed by atoms with Crippen LogP contribution in [0, 0.1) is 6.92 Å². The molecule has 0 radical (unpaired) electrons. The summed E-state index contributed by atoms with van der Waals surface area (Å²) in [6.07, 6.45) is 4.09. The molecule has 0 saturated carbocycles. The quantitative estimate of drug-likeness (QED) is 0.326. The monoisotopic (exact) mass is 503 g/mol. The summed E-state index contributed by atoms with van der Waals surface area (Å²) in [5.41, 5.74) is 1.67. The summed E-state index contributed by atoms with van der Waals surface area (Å²) in [4.78, 5) is 37.8. The number of thioether (sulfide) groups is 1. The highest BCUT2D eigenvalue weighted by Crippen LogP contribution is 2.33. The van der Waals surface area contributed by atoms with Crippen molar-refractivity contribution < 1.29 is 14.6 Å². The lowest BCUT2D eigenvalue weighted by atomic mass is 10.2. The largest absolute Gasteiger partial charge is 0.395 e. The molecule has 0 aromatic carbocycles. The minimum atomic E-state index is -0.217. The van der Waals surface area contributed by atoms with Gasteiger partial charge in [-0.15, -0.1) is 0 Å². The Labute approximate surface area is 208 Å². The number of carbonyl (C=O) groups excluding carboxylic acids is 1. The summed E-state index contributed by atoms with van der Waals surface area (Å²) >= 11 is 6.65. The van der Waals surface area contributed by atoms with Gasteiger partial charge in [0.25, 0.3) is 11.5 Å². The average Bonchev–Trinajstić information content (AvgIpc) is 3.09. The lowest BCUT2D eigenvalue weighted by molar-refractivity contribution is -0.122. The predicted octanol–water partition coefficient (Wildman–Crippen LogP) is 1.35. The molecule has 9 nitrogen and oxygen atoms in total. The maximum absolute atomic E-state index is 13.6. The molecule has 34 heavy (non-hydrogen) atoms. The molecule has 1 amide bonds. The van der Waals surface area contributed by atoms with Gasteiger partial charge < -0.3 is 14.7 Å². The van der Waals surface area contributed by atoms with Crippen molar-refractivity contribution in [1.82, 2.24) is 19.2 Å². The van der Waals surface area contributed by atoms with Crippen LogP contribution in [-0.4, -0.2) is 94.1 Å². The lowest BCUT2D eigenvalue weighted by Crippen LogP contribution is -2.48. The van der Waals surface area contributed by atoms with Gasteiger partial charge in [0, 0.05) is 59.2 Å². The number of fused-ring (bicyclic) bond motifs is 1. The smallest absolute Gasteiger partial charge is 0.267 e. The van der Waals surface area contributed by atoms with Crippen LogP contribution in [0.4, 0.5) is 5.82 Å². The molecule has 2 fully saturated rings. The third kappa shape index (κ3) is 5.18. The van der Waals surface area contributed by atoms with E-state index in [0.29, 0.717) is 65.5 Å². The van der Waals surface area contributed by atoms with Crippen LogP contribution in [0.2, 0.25) is 0 Å². The Balaban J connectivity index is 1.73. The zero-order chi connectivity index (χ0) is 24.2. The van der Waals surface area contributed by atoms with Crippen LogP contribution < -0.4 is 10.5 Å². The molecule has 4 heterocycles. The number of hydrogen-bond donors (Lipinski definition) is 1. The Bertz CT molecular complexity index is 1170. The molecule has 0 atom stereocenters. The summed E-state index contributed by atoms with van der Waals surface area (Å²) < 4.78 is 7.11. The van der Waals surface area contributed by atoms with Gasteiger partial charge in [0.15, 0.2) is 0 Å². The molecule has 2 saturated heterocycles. The van der Waals surface area contributed by atoms with Crippen molar-refractivity contribution in [2.45, 2.75) is 13.3 Å². The van der Waals surface area contributed by atoms with Gasteiger partial charge in [-0.1, -0.05) is 30.0 Å². The first-order valence-electron chi connectivity index (χ1n) is 11.3. The third-order valence-corrected chi connectivity index (χ3v) is 7.33. The third-order valence-electron chi connectivity index (χ3n) is 5.95. The second-order valence-corrected chi connectivity index (χ2v) is 10.00. The average molecular weight is 504 g/mol. The van der Waals surface area contributed by atoms with E-state index in [9.17, 15) is 14.7 Å². The molecule has 2 aliphatic heterocycles. The number of aromatic nitrogens is 2. The number of aliphatic hydroxyl groups is 1. The number of piperazine rings is 1. The molecular weight excluding hydrogens is 474 g/mol. The Morgan fingerprint density at radius 2 is 1.97 bits per heavy atom. The molecule has 0 bridgehead atoms. The molecule has 2 aliphatic rings. The van der Waals surface area contributed by atoms with E-state index in [1.54, 1.807) is 24.3 Å². The summed E-state index contributed by atoms with van der Waals surface area (Å²) in [6.45, 7) is 6.55. The molecule has 1 N–H and O–H groups in total. The number of pyridine rings is 1. The number of thiocarbonyl (C=S) groups is 1. The van der Waals surface area contributed by atoms with Crippen molar-refractivity contribution in [1.29, 1.82) is 0 Å². The first-order chi connectivity index (χ1) is 16.4. The number of aliphatic hydroxyl groups excluding tert-OH is 1. The Morgan fingerprint density at radius 3 is 2.68 bits per heavy atom. The van der Waals surface area contributed by atoms with Crippen LogP contribution in [0.25, 0.3) is 11.7 Å². The number of β-amino-alcohol motifs (C(OH)–C–C–N with tert-alkyl or cyclic N) is 1. The molecule has 0 aliphatic carbocycles. The van der Waals surface area contributed by atoms with Gasteiger partial charge >= 0.3 is 0 Å². The fourth-order valence-electron chi connectivity index (χ4n) is 4.13. The first-order valence-corrected chi connectivity index (χ1v) is 12.5. The van der Waals surface area contributed by atoms with Crippen molar-refractivity contribution in [3.63, 3.8) is 0 Å². The summed E-state index contributed by atoms with van der Waals surface area (Å²) in [6, 6.07) is 3.76. The molecule has 2 aromatic heterocycles.